The van der Waals surface area contributed by atoms with Crippen LogP contribution >= 0.6 is 11.3 Å². The maximum absolute atomic E-state index is 10.9. The Morgan fingerprint density at radius 3 is 3.08 bits per heavy atom. The number of thiazole rings is 1. The number of aromatic nitrogens is 1. The maximum atomic E-state index is 10.9. The summed E-state index contributed by atoms with van der Waals surface area (Å²) >= 11 is 1.45. The van der Waals surface area contributed by atoms with Gasteiger partial charge in [-0.2, -0.15) is 0 Å². The van der Waals surface area contributed by atoms with Crippen LogP contribution in [0.1, 0.15) is 18.7 Å². The molecule has 0 spiro atoms. The third kappa shape index (κ3) is 2.02. The molecule has 3 N–H and O–H groups in total. The monoisotopic (exact) mass is 185 g/mol. The Hall–Kier alpha value is -0.940. The van der Waals surface area contributed by atoms with Gasteiger partial charge >= 0.3 is 0 Å². The van der Waals surface area contributed by atoms with Crippen molar-refractivity contribution in [3.8, 4) is 0 Å². The lowest BCUT2D eigenvalue weighted by atomic mass is 10.2. The number of amides is 1. The fourth-order valence-corrected chi connectivity index (χ4v) is 1.50. The van der Waals surface area contributed by atoms with E-state index in [9.17, 15) is 4.79 Å². The number of likely N-dealkylation sites (N-methyl/N-ethyl adjacent to an activating group) is 1. The first-order chi connectivity index (χ1) is 5.75. The zero-order valence-electron chi connectivity index (χ0n) is 6.78. The van der Waals surface area contributed by atoms with Gasteiger partial charge in [0.25, 0.3) is 0 Å². The summed E-state index contributed by atoms with van der Waals surface area (Å²) in [6.07, 6.45) is 0. The first kappa shape index (κ1) is 9.15. The lowest BCUT2D eigenvalue weighted by Gasteiger charge is -2.10. The van der Waals surface area contributed by atoms with Crippen LogP contribution in [0.5, 0.6) is 0 Å². The third-order valence-corrected chi connectivity index (χ3v) is 2.04. The van der Waals surface area contributed by atoms with E-state index in [4.69, 9.17) is 5.73 Å². The molecule has 1 amide bonds. The molecule has 0 aliphatic rings. The van der Waals surface area contributed by atoms with Crippen molar-refractivity contribution in [3.05, 3.63) is 16.6 Å². The molecule has 0 aliphatic heterocycles. The second-order valence-corrected chi connectivity index (χ2v) is 3.03. The molecule has 0 fully saturated rings. The third-order valence-electron chi connectivity index (χ3n) is 1.44. The van der Waals surface area contributed by atoms with Crippen LogP contribution in [0.15, 0.2) is 10.9 Å². The van der Waals surface area contributed by atoms with Crippen molar-refractivity contribution in [1.29, 1.82) is 0 Å². The van der Waals surface area contributed by atoms with Crippen LogP contribution in [0.25, 0.3) is 0 Å². The van der Waals surface area contributed by atoms with E-state index in [1.165, 1.54) is 11.3 Å². The van der Waals surface area contributed by atoms with Gasteiger partial charge in [-0.05, 0) is 6.54 Å². The first-order valence-electron chi connectivity index (χ1n) is 3.66. The Bertz CT molecular complexity index is 247. The van der Waals surface area contributed by atoms with Gasteiger partial charge in [0.05, 0.1) is 11.2 Å². The van der Waals surface area contributed by atoms with E-state index in [0.29, 0.717) is 12.2 Å². The zero-order valence-corrected chi connectivity index (χ0v) is 7.60. The lowest BCUT2D eigenvalue weighted by molar-refractivity contribution is -0.120. The summed E-state index contributed by atoms with van der Waals surface area (Å²) in [5.41, 5.74) is 7.56. The molecule has 1 unspecified atom stereocenters. The minimum absolute atomic E-state index is 0.386. The van der Waals surface area contributed by atoms with Crippen LogP contribution in [-0.4, -0.2) is 17.4 Å². The van der Waals surface area contributed by atoms with Gasteiger partial charge in [-0.1, -0.05) is 6.92 Å². The highest BCUT2D eigenvalue weighted by Crippen LogP contribution is 2.11. The lowest BCUT2D eigenvalue weighted by Crippen LogP contribution is -2.33. The van der Waals surface area contributed by atoms with Gasteiger partial charge in [0.2, 0.25) is 5.91 Å². The summed E-state index contributed by atoms with van der Waals surface area (Å²) in [5.74, 6) is -0.386. The summed E-state index contributed by atoms with van der Waals surface area (Å²) < 4.78 is 0. The molecular weight excluding hydrogens is 174 g/mol. The fourth-order valence-electron chi connectivity index (χ4n) is 0.919. The number of nitrogens with two attached hydrogens (primary N) is 1. The number of carbonyl (C=O) groups excluding carboxylic acids is 1. The number of nitrogens with one attached hydrogen (secondary N) is 1. The fraction of sp³-hybridized carbons (Fsp3) is 0.429. The average Bonchev–Trinajstić information content (AvgIpc) is 2.51. The molecule has 4 nitrogen and oxygen atoms in total. The van der Waals surface area contributed by atoms with E-state index in [2.05, 4.69) is 10.3 Å². The van der Waals surface area contributed by atoms with E-state index >= 15 is 0 Å². The number of rotatable bonds is 4. The average molecular weight is 185 g/mol. The van der Waals surface area contributed by atoms with Crippen molar-refractivity contribution in [2.24, 2.45) is 5.73 Å². The van der Waals surface area contributed by atoms with E-state index < -0.39 is 6.04 Å². The summed E-state index contributed by atoms with van der Waals surface area (Å²) in [5, 5.41) is 4.77. The molecular formula is C7H11N3OS. The highest BCUT2D eigenvalue weighted by atomic mass is 32.1. The first-order valence-corrected chi connectivity index (χ1v) is 4.60. The van der Waals surface area contributed by atoms with E-state index in [1.807, 2.05) is 12.3 Å². The maximum Gasteiger partial charge on any atom is 0.240 e. The SMILES string of the molecule is CCNC(C(N)=O)c1cscn1. The smallest absolute Gasteiger partial charge is 0.240 e. The number of primary amides is 1. The van der Waals surface area contributed by atoms with Crippen molar-refractivity contribution in [3.63, 3.8) is 0 Å². The van der Waals surface area contributed by atoms with Crippen molar-refractivity contribution in [1.82, 2.24) is 10.3 Å². The van der Waals surface area contributed by atoms with Crippen LogP contribution in [0.3, 0.4) is 0 Å². The molecule has 1 aromatic heterocycles. The molecule has 1 aromatic rings. The Kier molecular flexibility index (Phi) is 3.19. The summed E-state index contributed by atoms with van der Waals surface area (Å²) in [6.45, 7) is 2.62. The topological polar surface area (TPSA) is 68.0 Å². The molecule has 12 heavy (non-hydrogen) atoms. The van der Waals surface area contributed by atoms with E-state index in [1.54, 1.807) is 5.51 Å². The Labute approximate surface area is 74.8 Å². The van der Waals surface area contributed by atoms with Crippen molar-refractivity contribution >= 4 is 17.2 Å². The highest BCUT2D eigenvalue weighted by Gasteiger charge is 2.17. The number of nitrogens with zero attached hydrogens (tertiary/aromatic N) is 1. The standard InChI is InChI=1S/C7H11N3OS/c1-2-9-6(7(8)11)5-3-12-4-10-5/h3-4,6,9H,2H2,1H3,(H2,8,11). The van der Waals surface area contributed by atoms with Crippen molar-refractivity contribution < 1.29 is 4.79 Å². The van der Waals surface area contributed by atoms with Gasteiger partial charge in [0.1, 0.15) is 6.04 Å². The molecule has 66 valence electrons. The number of hydrogen-bond acceptors (Lipinski definition) is 4. The van der Waals surface area contributed by atoms with Crippen LogP contribution in [0, 0.1) is 0 Å². The van der Waals surface area contributed by atoms with Gasteiger partial charge in [0, 0.05) is 5.38 Å². The van der Waals surface area contributed by atoms with Crippen LogP contribution < -0.4 is 11.1 Å². The van der Waals surface area contributed by atoms with Gasteiger partial charge in [-0.25, -0.2) is 4.98 Å². The molecule has 1 heterocycles. The van der Waals surface area contributed by atoms with Gasteiger partial charge in [-0.3, -0.25) is 4.79 Å². The molecule has 0 saturated carbocycles. The molecule has 1 atom stereocenters. The molecule has 0 saturated heterocycles. The minimum Gasteiger partial charge on any atom is -0.368 e. The molecule has 0 bridgehead atoms. The van der Waals surface area contributed by atoms with Crippen LogP contribution in [0.2, 0.25) is 0 Å². The molecule has 1 rings (SSSR count). The molecule has 5 heteroatoms. The normalized spacial score (nSPS) is 12.8. The van der Waals surface area contributed by atoms with Crippen LogP contribution in [-0.2, 0) is 4.79 Å². The van der Waals surface area contributed by atoms with E-state index in [0.717, 1.165) is 0 Å². The Morgan fingerprint density at radius 2 is 2.67 bits per heavy atom. The molecule has 0 radical (unpaired) electrons. The predicted molar refractivity (Wildman–Crippen MR) is 47.7 cm³/mol. The van der Waals surface area contributed by atoms with Crippen molar-refractivity contribution in [2.45, 2.75) is 13.0 Å². The van der Waals surface area contributed by atoms with Gasteiger partial charge in [-0.15, -0.1) is 11.3 Å². The minimum atomic E-state index is -0.443. The Morgan fingerprint density at radius 1 is 1.92 bits per heavy atom. The van der Waals surface area contributed by atoms with Crippen molar-refractivity contribution in [2.75, 3.05) is 6.54 Å². The summed E-state index contributed by atoms with van der Waals surface area (Å²) in [7, 11) is 0. The molecule has 0 aliphatic carbocycles. The second-order valence-electron chi connectivity index (χ2n) is 2.31. The Balaban J connectivity index is 2.73. The molecule has 0 aromatic carbocycles. The second kappa shape index (κ2) is 4.18. The number of carbonyl (C=O) groups is 1. The quantitative estimate of drug-likeness (QED) is 0.708. The summed E-state index contributed by atoms with van der Waals surface area (Å²) in [6, 6.07) is -0.443. The number of hydrogen-bond donors (Lipinski definition) is 2. The summed E-state index contributed by atoms with van der Waals surface area (Å²) in [4.78, 5) is 14.9. The highest BCUT2D eigenvalue weighted by molar-refractivity contribution is 7.07. The van der Waals surface area contributed by atoms with E-state index in [-0.39, 0.29) is 5.91 Å². The van der Waals surface area contributed by atoms with Gasteiger partial charge in [0.15, 0.2) is 0 Å². The van der Waals surface area contributed by atoms with Gasteiger partial charge < -0.3 is 11.1 Å². The zero-order chi connectivity index (χ0) is 8.97. The predicted octanol–water partition coefficient (Wildman–Crippen LogP) is 0.279. The largest absolute Gasteiger partial charge is 0.368 e. The van der Waals surface area contributed by atoms with Crippen LogP contribution in [0.4, 0.5) is 0 Å².